The molecule has 2 aliphatic rings. The van der Waals surface area contributed by atoms with Crippen molar-refractivity contribution in [2.24, 2.45) is 0 Å². The number of hydrogen-bond donors (Lipinski definition) is 0. The normalized spacial score (nSPS) is 25.4. The Labute approximate surface area is 146 Å². The molecular formula is C19H21N3O3. The molecule has 4 rings (SSSR count). The van der Waals surface area contributed by atoms with Gasteiger partial charge in [0.15, 0.2) is 0 Å². The highest BCUT2D eigenvalue weighted by molar-refractivity contribution is 5.79. The Morgan fingerprint density at radius 3 is 3.04 bits per heavy atom. The molecule has 2 fully saturated rings. The van der Waals surface area contributed by atoms with E-state index in [1.807, 2.05) is 35.2 Å². The highest BCUT2D eigenvalue weighted by atomic mass is 16.5. The molecule has 130 valence electrons. The van der Waals surface area contributed by atoms with Crippen molar-refractivity contribution in [3.8, 4) is 5.75 Å². The van der Waals surface area contributed by atoms with Crippen LogP contribution in [-0.2, 0) is 16.0 Å². The van der Waals surface area contributed by atoms with E-state index >= 15 is 0 Å². The van der Waals surface area contributed by atoms with Crippen molar-refractivity contribution in [1.82, 2.24) is 14.9 Å². The average molecular weight is 339 g/mol. The van der Waals surface area contributed by atoms with E-state index < -0.39 is 0 Å². The van der Waals surface area contributed by atoms with Gasteiger partial charge in [-0.25, -0.2) is 0 Å². The molecule has 4 heterocycles. The molecule has 2 aliphatic heterocycles. The summed E-state index contributed by atoms with van der Waals surface area (Å²) in [6, 6.07) is 9.43. The number of pyridine rings is 2. The fourth-order valence-electron chi connectivity index (χ4n) is 3.65. The van der Waals surface area contributed by atoms with Crippen molar-refractivity contribution < 1.29 is 14.3 Å². The second kappa shape index (κ2) is 7.19. The summed E-state index contributed by atoms with van der Waals surface area (Å²) in [7, 11) is 0. The van der Waals surface area contributed by atoms with Gasteiger partial charge < -0.3 is 14.4 Å². The van der Waals surface area contributed by atoms with E-state index in [0.29, 0.717) is 18.7 Å². The number of carbonyl (C=O) groups is 1. The number of rotatable bonds is 4. The number of carbonyl (C=O) groups excluding carboxylic acids is 1. The maximum Gasteiger partial charge on any atom is 0.229 e. The minimum Gasteiger partial charge on any atom is -0.484 e. The van der Waals surface area contributed by atoms with Crippen LogP contribution < -0.4 is 4.74 Å². The van der Waals surface area contributed by atoms with Crippen LogP contribution in [0.1, 0.15) is 18.5 Å². The molecule has 0 unspecified atom stereocenters. The van der Waals surface area contributed by atoms with Crippen molar-refractivity contribution in [3.63, 3.8) is 0 Å². The molecule has 0 aromatic carbocycles. The Bertz CT molecular complexity index is 710. The van der Waals surface area contributed by atoms with Crippen LogP contribution in [0.25, 0.3) is 0 Å². The number of aromatic nitrogens is 2. The van der Waals surface area contributed by atoms with E-state index in [2.05, 4.69) is 9.97 Å². The van der Waals surface area contributed by atoms with Gasteiger partial charge in [0, 0.05) is 24.7 Å². The number of likely N-dealkylation sites (tertiary alicyclic amines) is 1. The Kier molecular flexibility index (Phi) is 4.61. The Hall–Kier alpha value is -2.47. The fraction of sp³-hybridized carbons (Fsp3) is 0.421. The summed E-state index contributed by atoms with van der Waals surface area (Å²) in [5, 5.41) is 0. The molecule has 6 nitrogen and oxygen atoms in total. The number of ether oxygens (including phenoxy) is 2. The maximum atomic E-state index is 12.8. The Morgan fingerprint density at radius 1 is 1.28 bits per heavy atom. The zero-order valence-corrected chi connectivity index (χ0v) is 14.0. The van der Waals surface area contributed by atoms with Crippen molar-refractivity contribution in [2.45, 2.75) is 37.5 Å². The van der Waals surface area contributed by atoms with Gasteiger partial charge in [0.05, 0.1) is 25.2 Å². The molecule has 0 saturated carbocycles. The van der Waals surface area contributed by atoms with E-state index in [0.717, 1.165) is 25.1 Å². The van der Waals surface area contributed by atoms with E-state index in [1.165, 1.54) is 0 Å². The van der Waals surface area contributed by atoms with Crippen LogP contribution in [0.15, 0.2) is 48.9 Å². The topological polar surface area (TPSA) is 64.6 Å². The van der Waals surface area contributed by atoms with Gasteiger partial charge in [-0.2, -0.15) is 0 Å². The molecule has 3 atom stereocenters. The molecule has 25 heavy (non-hydrogen) atoms. The average Bonchev–Trinajstić information content (AvgIpc) is 3.02. The lowest BCUT2D eigenvalue weighted by molar-refractivity contribution is -0.134. The first-order chi connectivity index (χ1) is 12.3. The van der Waals surface area contributed by atoms with Crippen molar-refractivity contribution in [1.29, 1.82) is 0 Å². The van der Waals surface area contributed by atoms with Crippen LogP contribution in [0.5, 0.6) is 5.75 Å². The summed E-state index contributed by atoms with van der Waals surface area (Å²) >= 11 is 0. The largest absolute Gasteiger partial charge is 0.484 e. The van der Waals surface area contributed by atoms with Crippen LogP contribution in [0.4, 0.5) is 0 Å². The summed E-state index contributed by atoms with van der Waals surface area (Å²) in [4.78, 5) is 23.1. The van der Waals surface area contributed by atoms with Gasteiger partial charge in [0.2, 0.25) is 5.91 Å². The van der Waals surface area contributed by atoms with Gasteiger partial charge in [-0.05, 0) is 37.1 Å². The van der Waals surface area contributed by atoms with Crippen LogP contribution in [-0.4, -0.2) is 52.2 Å². The number of nitrogens with zero attached hydrogens (tertiary/aromatic N) is 3. The monoisotopic (exact) mass is 339 g/mol. The molecule has 0 spiro atoms. The van der Waals surface area contributed by atoms with Gasteiger partial charge in [-0.3, -0.25) is 14.8 Å². The quantitative estimate of drug-likeness (QED) is 0.851. The molecule has 2 aromatic rings. The predicted molar refractivity (Wildman–Crippen MR) is 91.1 cm³/mol. The molecule has 2 aromatic heterocycles. The third-order valence-corrected chi connectivity index (χ3v) is 4.78. The lowest BCUT2D eigenvalue weighted by Gasteiger charge is -2.32. The highest BCUT2D eigenvalue weighted by Crippen LogP contribution is 2.31. The third kappa shape index (κ3) is 3.49. The first-order valence-corrected chi connectivity index (χ1v) is 8.69. The number of amides is 1. The SMILES string of the molecule is O=C(Cc1ccccn1)N1C[C@@H](Oc2cccnc2)[C@H]2OCCC[C@H]21. The van der Waals surface area contributed by atoms with Crippen LogP contribution in [0, 0.1) is 0 Å². The van der Waals surface area contributed by atoms with E-state index in [-0.39, 0.29) is 24.2 Å². The molecule has 6 heteroatoms. The Balaban J connectivity index is 1.49. The van der Waals surface area contributed by atoms with Crippen LogP contribution >= 0.6 is 0 Å². The lowest BCUT2D eigenvalue weighted by atomic mass is 10.0. The molecule has 1 amide bonds. The zero-order valence-electron chi connectivity index (χ0n) is 14.0. The third-order valence-electron chi connectivity index (χ3n) is 4.78. The van der Waals surface area contributed by atoms with Crippen LogP contribution in [0.3, 0.4) is 0 Å². The van der Waals surface area contributed by atoms with Crippen molar-refractivity contribution in [3.05, 3.63) is 54.6 Å². The maximum absolute atomic E-state index is 12.8. The predicted octanol–water partition coefficient (Wildman–Crippen LogP) is 1.86. The summed E-state index contributed by atoms with van der Waals surface area (Å²) in [6.45, 7) is 1.26. The summed E-state index contributed by atoms with van der Waals surface area (Å²) in [5.41, 5.74) is 0.789. The Morgan fingerprint density at radius 2 is 2.24 bits per heavy atom. The highest BCUT2D eigenvalue weighted by Gasteiger charge is 2.47. The first kappa shape index (κ1) is 16.0. The van der Waals surface area contributed by atoms with E-state index in [1.54, 1.807) is 18.6 Å². The van der Waals surface area contributed by atoms with E-state index in [9.17, 15) is 4.79 Å². The summed E-state index contributed by atoms with van der Waals surface area (Å²) < 4.78 is 12.0. The van der Waals surface area contributed by atoms with Gasteiger partial charge in [0.25, 0.3) is 0 Å². The molecule has 2 saturated heterocycles. The van der Waals surface area contributed by atoms with Gasteiger partial charge in [0.1, 0.15) is 18.0 Å². The first-order valence-electron chi connectivity index (χ1n) is 8.69. The minimum absolute atomic E-state index is 0.0756. The van der Waals surface area contributed by atoms with Crippen molar-refractivity contribution >= 4 is 5.91 Å². The molecule has 0 aliphatic carbocycles. The zero-order chi connectivity index (χ0) is 17.1. The van der Waals surface area contributed by atoms with Crippen LogP contribution in [0.2, 0.25) is 0 Å². The second-order valence-electron chi connectivity index (χ2n) is 6.43. The van der Waals surface area contributed by atoms with Gasteiger partial charge >= 0.3 is 0 Å². The number of hydrogen-bond acceptors (Lipinski definition) is 5. The number of fused-ring (bicyclic) bond motifs is 1. The fourth-order valence-corrected chi connectivity index (χ4v) is 3.65. The molecule has 0 radical (unpaired) electrons. The summed E-state index contributed by atoms with van der Waals surface area (Å²) in [5.74, 6) is 0.788. The molecule has 0 bridgehead atoms. The smallest absolute Gasteiger partial charge is 0.229 e. The standard InChI is InChI=1S/C19H21N3O3/c23-18(11-14-5-1-2-9-21-14)22-13-17(19-16(22)7-4-10-24-19)25-15-6-3-8-20-12-15/h1-3,5-6,8-9,12,16-17,19H,4,7,10-11,13H2/t16-,17-,19+/m1/s1. The lowest BCUT2D eigenvalue weighted by Crippen LogP contribution is -2.44. The minimum atomic E-state index is -0.165. The molecular weight excluding hydrogens is 318 g/mol. The summed E-state index contributed by atoms with van der Waals surface area (Å²) in [6.07, 6.45) is 7.10. The molecule has 0 N–H and O–H groups in total. The van der Waals surface area contributed by atoms with Gasteiger partial charge in [-0.15, -0.1) is 0 Å². The van der Waals surface area contributed by atoms with E-state index in [4.69, 9.17) is 9.47 Å². The van der Waals surface area contributed by atoms with Gasteiger partial charge in [-0.1, -0.05) is 6.07 Å². The second-order valence-corrected chi connectivity index (χ2v) is 6.43. The van der Waals surface area contributed by atoms with Crippen molar-refractivity contribution in [2.75, 3.05) is 13.2 Å².